The number of rotatable bonds is 3. The molecule has 0 N–H and O–H groups in total. The van der Waals surface area contributed by atoms with Crippen LogP contribution in [0.1, 0.15) is 24.0 Å². The lowest BCUT2D eigenvalue weighted by molar-refractivity contribution is 0.698. The van der Waals surface area contributed by atoms with Gasteiger partial charge < -0.3 is 9.80 Å². The van der Waals surface area contributed by atoms with Gasteiger partial charge in [-0.15, -0.1) is 0 Å². The van der Waals surface area contributed by atoms with Crippen molar-refractivity contribution >= 4 is 11.8 Å². The molecule has 1 fully saturated rings. The number of nitrogens with zero attached hydrogens (tertiary/aromatic N) is 5. The monoisotopic (exact) mass is 295 g/mol. The van der Waals surface area contributed by atoms with E-state index in [0.29, 0.717) is 0 Å². The Morgan fingerprint density at radius 2 is 1.95 bits per heavy atom. The molecule has 22 heavy (non-hydrogen) atoms. The maximum absolute atomic E-state index is 4.64. The summed E-state index contributed by atoms with van der Waals surface area (Å²) in [6.45, 7) is 5.90. The van der Waals surface area contributed by atoms with E-state index in [9.17, 15) is 0 Å². The largest absolute Gasteiger partial charge is 0.354 e. The second kappa shape index (κ2) is 5.55. The Bertz CT molecular complexity index is 650. The molecular weight excluding hydrogens is 274 g/mol. The molecule has 2 aromatic rings. The van der Waals surface area contributed by atoms with Crippen molar-refractivity contribution in [1.82, 2.24) is 15.0 Å². The summed E-state index contributed by atoms with van der Waals surface area (Å²) in [5.74, 6) is 2.81. The summed E-state index contributed by atoms with van der Waals surface area (Å²) in [4.78, 5) is 18.3. The third-order valence-electron chi connectivity index (χ3n) is 4.39. The Labute approximate surface area is 131 Å². The van der Waals surface area contributed by atoms with Gasteiger partial charge in [-0.05, 0) is 37.3 Å². The smallest absolute Gasteiger partial charge is 0.225 e. The molecule has 2 aromatic heterocycles. The van der Waals surface area contributed by atoms with E-state index >= 15 is 0 Å². The number of anilines is 2. The summed E-state index contributed by atoms with van der Waals surface area (Å²) in [5.41, 5.74) is 2.36. The van der Waals surface area contributed by atoms with Gasteiger partial charge in [0.05, 0.1) is 0 Å². The van der Waals surface area contributed by atoms with Gasteiger partial charge >= 0.3 is 0 Å². The van der Waals surface area contributed by atoms with E-state index in [0.717, 1.165) is 49.4 Å². The van der Waals surface area contributed by atoms with Crippen LogP contribution < -0.4 is 9.80 Å². The van der Waals surface area contributed by atoms with Gasteiger partial charge in [-0.2, -0.15) is 0 Å². The minimum atomic E-state index is 0.814. The highest BCUT2D eigenvalue weighted by Gasteiger charge is 2.28. The summed E-state index contributed by atoms with van der Waals surface area (Å²) in [7, 11) is 0. The van der Waals surface area contributed by atoms with Crippen LogP contribution in [0.5, 0.6) is 0 Å². The van der Waals surface area contributed by atoms with Crippen LogP contribution in [0.4, 0.5) is 11.8 Å². The Kier molecular flexibility index (Phi) is 3.41. The van der Waals surface area contributed by atoms with Gasteiger partial charge in [-0.1, -0.05) is 6.07 Å². The number of aromatic nitrogens is 3. The zero-order valence-electron chi connectivity index (χ0n) is 12.9. The van der Waals surface area contributed by atoms with Gasteiger partial charge in [0.2, 0.25) is 5.95 Å². The molecule has 1 aliphatic carbocycles. The highest BCUT2D eigenvalue weighted by molar-refractivity contribution is 5.51. The fraction of sp³-hybridized carbons (Fsp3) is 0.471. The summed E-state index contributed by atoms with van der Waals surface area (Å²) in [6.07, 6.45) is 8.41. The fourth-order valence-corrected chi connectivity index (χ4v) is 2.98. The van der Waals surface area contributed by atoms with Crippen molar-refractivity contribution in [3.63, 3.8) is 0 Å². The van der Waals surface area contributed by atoms with Crippen LogP contribution in [-0.2, 0) is 6.54 Å². The Morgan fingerprint density at radius 3 is 2.73 bits per heavy atom. The maximum atomic E-state index is 4.64. The quantitative estimate of drug-likeness (QED) is 0.870. The van der Waals surface area contributed by atoms with Crippen molar-refractivity contribution in [3.8, 4) is 0 Å². The molecular formula is C17H21N5. The predicted molar refractivity (Wildman–Crippen MR) is 87.0 cm³/mol. The second-order valence-electron chi connectivity index (χ2n) is 6.36. The molecule has 0 bridgehead atoms. The maximum Gasteiger partial charge on any atom is 0.225 e. The van der Waals surface area contributed by atoms with Crippen molar-refractivity contribution in [2.45, 2.75) is 26.3 Å². The van der Waals surface area contributed by atoms with Gasteiger partial charge in [0.1, 0.15) is 5.82 Å². The van der Waals surface area contributed by atoms with E-state index in [1.807, 2.05) is 31.6 Å². The zero-order chi connectivity index (χ0) is 14.9. The van der Waals surface area contributed by atoms with Crippen LogP contribution in [-0.4, -0.2) is 34.6 Å². The van der Waals surface area contributed by atoms with E-state index in [2.05, 4.69) is 30.8 Å². The molecule has 1 saturated carbocycles. The third-order valence-corrected chi connectivity index (χ3v) is 4.39. The Balaban J connectivity index is 1.62. The topological polar surface area (TPSA) is 45.2 Å². The van der Waals surface area contributed by atoms with Crippen molar-refractivity contribution in [2.24, 2.45) is 5.92 Å². The second-order valence-corrected chi connectivity index (χ2v) is 6.36. The van der Waals surface area contributed by atoms with Crippen molar-refractivity contribution < 1.29 is 0 Å². The van der Waals surface area contributed by atoms with Gasteiger partial charge in [-0.3, -0.25) is 0 Å². The highest BCUT2D eigenvalue weighted by atomic mass is 15.3. The summed E-state index contributed by atoms with van der Waals surface area (Å²) >= 11 is 0. The zero-order valence-corrected chi connectivity index (χ0v) is 12.9. The fourth-order valence-electron chi connectivity index (χ4n) is 2.98. The standard InChI is InChI=1S/C17H21N5/c1-13-9-19-17(20-10-13)22-8-7-21(11-14-4-5-14)16-15(12-22)3-2-6-18-16/h2-3,6,9-10,14H,4-5,7-8,11-12H2,1H3. The molecule has 3 heterocycles. The lowest BCUT2D eigenvalue weighted by Gasteiger charge is -2.23. The Morgan fingerprint density at radius 1 is 1.14 bits per heavy atom. The van der Waals surface area contributed by atoms with Crippen LogP contribution in [0.15, 0.2) is 30.7 Å². The molecule has 0 spiro atoms. The van der Waals surface area contributed by atoms with Gasteiger partial charge in [0, 0.05) is 50.3 Å². The molecule has 5 nitrogen and oxygen atoms in total. The summed E-state index contributed by atoms with van der Waals surface area (Å²) in [5, 5.41) is 0. The van der Waals surface area contributed by atoms with Crippen molar-refractivity contribution in [3.05, 3.63) is 41.9 Å². The van der Waals surface area contributed by atoms with E-state index in [1.54, 1.807) is 0 Å². The molecule has 0 unspecified atom stereocenters. The number of hydrogen-bond donors (Lipinski definition) is 0. The first-order valence-electron chi connectivity index (χ1n) is 8.02. The third kappa shape index (κ3) is 2.75. The van der Waals surface area contributed by atoms with Crippen molar-refractivity contribution in [1.29, 1.82) is 0 Å². The lowest BCUT2D eigenvalue weighted by Crippen LogP contribution is -2.33. The molecule has 0 radical (unpaired) electrons. The molecule has 0 saturated heterocycles. The number of aryl methyl sites for hydroxylation is 1. The van der Waals surface area contributed by atoms with Crippen LogP contribution in [0.25, 0.3) is 0 Å². The lowest BCUT2D eigenvalue weighted by atomic mass is 10.2. The predicted octanol–water partition coefficient (Wildman–Crippen LogP) is 2.42. The van der Waals surface area contributed by atoms with E-state index < -0.39 is 0 Å². The molecule has 0 atom stereocenters. The number of hydrogen-bond acceptors (Lipinski definition) is 5. The molecule has 4 rings (SSSR count). The van der Waals surface area contributed by atoms with E-state index in [4.69, 9.17) is 0 Å². The molecule has 2 aliphatic rings. The summed E-state index contributed by atoms with van der Waals surface area (Å²) < 4.78 is 0. The first kappa shape index (κ1) is 13.5. The van der Waals surface area contributed by atoms with Crippen LogP contribution in [0.3, 0.4) is 0 Å². The van der Waals surface area contributed by atoms with Crippen molar-refractivity contribution in [2.75, 3.05) is 29.4 Å². The summed E-state index contributed by atoms with van der Waals surface area (Å²) in [6, 6.07) is 4.20. The molecule has 0 aromatic carbocycles. The van der Waals surface area contributed by atoms with Crippen LogP contribution in [0, 0.1) is 12.8 Å². The minimum Gasteiger partial charge on any atom is -0.354 e. The van der Waals surface area contributed by atoms with E-state index in [-0.39, 0.29) is 0 Å². The van der Waals surface area contributed by atoms with E-state index in [1.165, 1.54) is 18.4 Å². The Hall–Kier alpha value is -2.17. The minimum absolute atomic E-state index is 0.814. The number of fused-ring (bicyclic) bond motifs is 1. The average molecular weight is 295 g/mol. The molecule has 0 amide bonds. The molecule has 5 heteroatoms. The van der Waals surface area contributed by atoms with Gasteiger partial charge in [-0.25, -0.2) is 15.0 Å². The molecule has 1 aliphatic heterocycles. The highest BCUT2D eigenvalue weighted by Crippen LogP contribution is 2.33. The van der Waals surface area contributed by atoms with Gasteiger partial charge in [0.15, 0.2) is 0 Å². The normalized spacial score (nSPS) is 18.0. The first-order valence-corrected chi connectivity index (χ1v) is 8.02. The average Bonchev–Trinajstić information content (AvgIpc) is 3.36. The van der Waals surface area contributed by atoms with Crippen LogP contribution >= 0.6 is 0 Å². The number of pyridine rings is 1. The molecule has 114 valence electrons. The van der Waals surface area contributed by atoms with Crippen LogP contribution in [0.2, 0.25) is 0 Å². The first-order chi connectivity index (χ1) is 10.8. The SMILES string of the molecule is Cc1cnc(N2CCN(CC3CC3)c3ncccc3C2)nc1. The van der Waals surface area contributed by atoms with Gasteiger partial charge in [0.25, 0.3) is 0 Å².